The van der Waals surface area contributed by atoms with E-state index in [-0.39, 0.29) is 19.0 Å². The minimum absolute atomic E-state index is 0. The first-order valence-corrected chi connectivity index (χ1v) is 3.44. The van der Waals surface area contributed by atoms with Gasteiger partial charge in [-0.2, -0.15) is 0 Å². The Morgan fingerprint density at radius 2 is 2.15 bits per heavy atom. The molecule has 1 aromatic carbocycles. The SMILES string of the molecule is COc1cc(O)c(F)cc1CN.Cl. The first-order chi connectivity index (χ1) is 5.69. The second-order valence-electron chi connectivity index (χ2n) is 2.32. The van der Waals surface area contributed by atoms with Crippen LogP contribution in [0.2, 0.25) is 0 Å². The van der Waals surface area contributed by atoms with E-state index in [0.29, 0.717) is 11.3 Å². The zero-order valence-electron chi connectivity index (χ0n) is 7.08. The Bertz CT molecular complexity index is 265. The number of ether oxygens (including phenoxy) is 1. The molecule has 0 amide bonds. The second-order valence-corrected chi connectivity index (χ2v) is 2.32. The summed E-state index contributed by atoms with van der Waals surface area (Å²) in [7, 11) is 1.44. The minimum Gasteiger partial charge on any atom is -0.505 e. The molecule has 5 heteroatoms. The Kier molecular flexibility index (Phi) is 4.51. The smallest absolute Gasteiger partial charge is 0.165 e. The summed E-state index contributed by atoms with van der Waals surface area (Å²) in [5.41, 5.74) is 5.85. The fraction of sp³-hybridized carbons (Fsp3) is 0.250. The van der Waals surface area contributed by atoms with Gasteiger partial charge in [0.1, 0.15) is 5.75 Å². The third-order valence-corrected chi connectivity index (χ3v) is 1.57. The molecule has 0 unspecified atom stereocenters. The molecule has 3 nitrogen and oxygen atoms in total. The van der Waals surface area contributed by atoms with Gasteiger partial charge in [0.05, 0.1) is 7.11 Å². The molecule has 0 aliphatic carbocycles. The van der Waals surface area contributed by atoms with E-state index in [1.165, 1.54) is 13.2 Å². The van der Waals surface area contributed by atoms with Gasteiger partial charge >= 0.3 is 0 Å². The van der Waals surface area contributed by atoms with Crippen LogP contribution < -0.4 is 10.5 Å². The molecular formula is C8H11ClFNO2. The normalized spacial score (nSPS) is 9.15. The number of rotatable bonds is 2. The van der Waals surface area contributed by atoms with Gasteiger partial charge in [-0.1, -0.05) is 0 Å². The Balaban J connectivity index is 0.00000144. The lowest BCUT2D eigenvalue weighted by molar-refractivity contribution is 0.392. The zero-order chi connectivity index (χ0) is 9.14. The van der Waals surface area contributed by atoms with E-state index < -0.39 is 11.6 Å². The van der Waals surface area contributed by atoms with Gasteiger partial charge in [-0.05, 0) is 6.07 Å². The van der Waals surface area contributed by atoms with Gasteiger partial charge in [0, 0.05) is 18.2 Å². The zero-order valence-corrected chi connectivity index (χ0v) is 7.90. The van der Waals surface area contributed by atoms with Crippen LogP contribution in [0.15, 0.2) is 12.1 Å². The average Bonchev–Trinajstić information content (AvgIpc) is 2.09. The third kappa shape index (κ3) is 2.47. The van der Waals surface area contributed by atoms with Gasteiger partial charge in [-0.15, -0.1) is 12.4 Å². The van der Waals surface area contributed by atoms with Crippen molar-refractivity contribution < 1.29 is 14.2 Å². The maximum absolute atomic E-state index is 12.7. The summed E-state index contributed by atoms with van der Waals surface area (Å²) >= 11 is 0. The quantitative estimate of drug-likeness (QED) is 0.771. The Morgan fingerprint density at radius 1 is 1.54 bits per heavy atom. The summed E-state index contributed by atoms with van der Waals surface area (Å²) in [6, 6.07) is 2.37. The number of benzene rings is 1. The molecule has 0 saturated carbocycles. The topological polar surface area (TPSA) is 55.5 Å². The molecule has 0 fully saturated rings. The average molecular weight is 208 g/mol. The van der Waals surface area contributed by atoms with Gasteiger partial charge in [0.25, 0.3) is 0 Å². The summed E-state index contributed by atoms with van der Waals surface area (Å²) in [6.45, 7) is 0.181. The Morgan fingerprint density at radius 3 is 2.62 bits per heavy atom. The van der Waals surface area contributed by atoms with Crippen molar-refractivity contribution in [2.24, 2.45) is 5.73 Å². The van der Waals surface area contributed by atoms with Crippen molar-refractivity contribution in [3.8, 4) is 11.5 Å². The highest BCUT2D eigenvalue weighted by Gasteiger charge is 2.07. The van der Waals surface area contributed by atoms with Crippen molar-refractivity contribution in [3.05, 3.63) is 23.5 Å². The second kappa shape index (κ2) is 4.89. The van der Waals surface area contributed by atoms with Crippen LogP contribution in [0.4, 0.5) is 4.39 Å². The van der Waals surface area contributed by atoms with Crippen molar-refractivity contribution in [2.45, 2.75) is 6.54 Å². The van der Waals surface area contributed by atoms with Crippen molar-refractivity contribution in [1.82, 2.24) is 0 Å². The van der Waals surface area contributed by atoms with Gasteiger partial charge in [-0.3, -0.25) is 0 Å². The van der Waals surface area contributed by atoms with Crippen molar-refractivity contribution in [3.63, 3.8) is 0 Å². The van der Waals surface area contributed by atoms with Crippen LogP contribution >= 0.6 is 12.4 Å². The van der Waals surface area contributed by atoms with Crippen molar-refractivity contribution in [1.29, 1.82) is 0 Å². The van der Waals surface area contributed by atoms with Gasteiger partial charge in [-0.25, -0.2) is 4.39 Å². The van der Waals surface area contributed by atoms with E-state index in [0.717, 1.165) is 6.07 Å². The first kappa shape index (κ1) is 12.0. The standard InChI is InChI=1S/C8H10FNO2.ClH/c1-12-8-3-7(11)6(9)2-5(8)4-10;/h2-3,11H,4,10H2,1H3;1H. The Hall–Kier alpha value is -1.00. The van der Waals surface area contributed by atoms with Crippen LogP contribution in [0.3, 0.4) is 0 Å². The molecule has 1 rings (SSSR count). The van der Waals surface area contributed by atoms with E-state index in [2.05, 4.69) is 0 Å². The van der Waals surface area contributed by atoms with Gasteiger partial charge < -0.3 is 15.6 Å². The number of methoxy groups -OCH3 is 1. The summed E-state index contributed by atoms with van der Waals surface area (Å²) in [6.07, 6.45) is 0. The summed E-state index contributed by atoms with van der Waals surface area (Å²) in [5, 5.41) is 8.96. The molecule has 0 heterocycles. The molecule has 0 radical (unpaired) electrons. The van der Waals surface area contributed by atoms with Crippen LogP contribution in [0.1, 0.15) is 5.56 Å². The number of hydrogen-bond donors (Lipinski definition) is 2. The first-order valence-electron chi connectivity index (χ1n) is 3.44. The van der Waals surface area contributed by atoms with Crippen molar-refractivity contribution >= 4 is 12.4 Å². The maximum atomic E-state index is 12.7. The van der Waals surface area contributed by atoms with Gasteiger partial charge in [0.2, 0.25) is 0 Å². The largest absolute Gasteiger partial charge is 0.505 e. The molecule has 0 atom stereocenters. The van der Waals surface area contributed by atoms with Gasteiger partial charge in [0.15, 0.2) is 11.6 Å². The Labute approximate surface area is 81.7 Å². The minimum atomic E-state index is -0.684. The van der Waals surface area contributed by atoms with Crippen LogP contribution in [0.5, 0.6) is 11.5 Å². The molecule has 0 aliphatic rings. The molecule has 74 valence electrons. The number of phenols is 1. The lowest BCUT2D eigenvalue weighted by Gasteiger charge is -2.06. The molecule has 1 aromatic rings. The van der Waals surface area contributed by atoms with E-state index in [4.69, 9.17) is 15.6 Å². The fourth-order valence-corrected chi connectivity index (χ4v) is 0.933. The summed E-state index contributed by atoms with van der Waals surface area (Å²) in [5.74, 6) is -0.711. The highest BCUT2D eigenvalue weighted by molar-refractivity contribution is 5.85. The number of hydrogen-bond acceptors (Lipinski definition) is 3. The number of nitrogens with two attached hydrogens (primary N) is 1. The molecular weight excluding hydrogens is 197 g/mol. The molecule has 0 spiro atoms. The maximum Gasteiger partial charge on any atom is 0.165 e. The molecule has 0 aromatic heterocycles. The van der Waals surface area contributed by atoms with E-state index in [1.54, 1.807) is 0 Å². The molecule has 13 heavy (non-hydrogen) atoms. The van der Waals surface area contributed by atoms with Crippen LogP contribution in [-0.4, -0.2) is 12.2 Å². The number of phenolic OH excluding ortho intramolecular Hbond substituents is 1. The van der Waals surface area contributed by atoms with Crippen LogP contribution in [0, 0.1) is 5.82 Å². The number of halogens is 2. The molecule has 0 bridgehead atoms. The van der Waals surface area contributed by atoms with Crippen LogP contribution in [-0.2, 0) is 6.54 Å². The highest BCUT2D eigenvalue weighted by atomic mass is 35.5. The monoisotopic (exact) mass is 207 g/mol. The molecule has 0 aliphatic heterocycles. The molecule has 0 saturated heterocycles. The van der Waals surface area contributed by atoms with E-state index in [9.17, 15) is 4.39 Å². The lowest BCUT2D eigenvalue weighted by Crippen LogP contribution is -2.00. The molecule has 3 N–H and O–H groups in total. The van der Waals surface area contributed by atoms with E-state index in [1.807, 2.05) is 0 Å². The highest BCUT2D eigenvalue weighted by Crippen LogP contribution is 2.26. The predicted octanol–water partition coefficient (Wildman–Crippen LogP) is 1.42. The third-order valence-electron chi connectivity index (χ3n) is 1.57. The summed E-state index contributed by atoms with van der Waals surface area (Å²) < 4.78 is 17.6. The van der Waals surface area contributed by atoms with E-state index >= 15 is 0 Å². The number of aromatic hydroxyl groups is 1. The lowest BCUT2D eigenvalue weighted by atomic mass is 10.2. The van der Waals surface area contributed by atoms with Crippen LogP contribution in [0.25, 0.3) is 0 Å². The fourth-order valence-electron chi connectivity index (χ4n) is 0.933. The summed E-state index contributed by atoms with van der Waals surface area (Å²) in [4.78, 5) is 0. The predicted molar refractivity (Wildman–Crippen MR) is 49.8 cm³/mol. The van der Waals surface area contributed by atoms with Crippen molar-refractivity contribution in [2.75, 3.05) is 7.11 Å².